The van der Waals surface area contributed by atoms with Crippen molar-refractivity contribution in [3.8, 4) is 33.6 Å². The Kier molecular flexibility index (Phi) is 13.4. The fourth-order valence-corrected chi connectivity index (χ4v) is 8.57. The van der Waals surface area contributed by atoms with Crippen molar-refractivity contribution in [2.24, 2.45) is 11.8 Å². The van der Waals surface area contributed by atoms with Gasteiger partial charge in [0.15, 0.2) is 0 Å². The Morgan fingerprint density at radius 1 is 0.862 bits per heavy atom. The van der Waals surface area contributed by atoms with Gasteiger partial charge in [0.1, 0.15) is 40.4 Å². The van der Waals surface area contributed by atoms with E-state index in [-0.39, 0.29) is 40.1 Å². The SMILES string of the molecule is COC(=O)N[C@H](C(=O)N1C[C@@H](SC)C[C@H]1c1ncc(-c2ccc(-c3ccc(-c4nc([C@@H]5CCCN5C(=O)[C@@H](NC(=O)OC)C(C)C)[nH]c4Cl)cc3F)cc2)[nH]1)C(C)C. The number of hydrogen-bond acceptors (Lipinski definition) is 9. The maximum Gasteiger partial charge on any atom is 0.407 e. The van der Waals surface area contributed by atoms with Crippen LogP contribution in [0.2, 0.25) is 5.15 Å². The third kappa shape index (κ3) is 8.97. The summed E-state index contributed by atoms with van der Waals surface area (Å²) in [5.74, 6) is -0.0918. The number of nitrogens with one attached hydrogen (secondary N) is 4. The summed E-state index contributed by atoms with van der Waals surface area (Å²) in [7, 11) is 2.52. The number of benzene rings is 2. The summed E-state index contributed by atoms with van der Waals surface area (Å²) in [6, 6.07) is 10.0. The van der Waals surface area contributed by atoms with Gasteiger partial charge < -0.3 is 39.9 Å². The molecule has 14 nitrogen and oxygen atoms in total. The van der Waals surface area contributed by atoms with Crippen LogP contribution >= 0.6 is 23.4 Å². The number of alkyl carbamates (subject to hydrolysis) is 2. The second kappa shape index (κ2) is 18.2. The number of carbonyl (C=O) groups is 4. The van der Waals surface area contributed by atoms with Crippen molar-refractivity contribution >= 4 is 47.4 Å². The van der Waals surface area contributed by atoms with Crippen LogP contribution in [0.5, 0.6) is 0 Å². The zero-order valence-corrected chi connectivity index (χ0v) is 35.2. The summed E-state index contributed by atoms with van der Waals surface area (Å²) in [6.45, 7) is 8.47. The molecule has 0 aliphatic carbocycles. The quantitative estimate of drug-likeness (QED) is 0.114. The predicted octanol–water partition coefficient (Wildman–Crippen LogP) is 7.36. The van der Waals surface area contributed by atoms with Gasteiger partial charge in [0.25, 0.3) is 0 Å². The highest BCUT2D eigenvalue weighted by atomic mass is 35.5. The first-order chi connectivity index (χ1) is 27.7. The molecule has 2 aliphatic heterocycles. The lowest BCUT2D eigenvalue weighted by molar-refractivity contribution is -0.136. The first-order valence-electron chi connectivity index (χ1n) is 19.3. The molecule has 6 rings (SSSR count). The summed E-state index contributed by atoms with van der Waals surface area (Å²) >= 11 is 8.32. The van der Waals surface area contributed by atoms with E-state index < -0.39 is 36.1 Å². The average Bonchev–Trinajstić information content (AvgIpc) is 4.04. The highest BCUT2D eigenvalue weighted by molar-refractivity contribution is 7.99. The Morgan fingerprint density at radius 2 is 1.47 bits per heavy atom. The molecular weight excluding hydrogens is 787 g/mol. The van der Waals surface area contributed by atoms with Crippen LogP contribution in [0.4, 0.5) is 14.0 Å². The molecule has 2 saturated heterocycles. The largest absolute Gasteiger partial charge is 0.453 e. The van der Waals surface area contributed by atoms with Crippen LogP contribution in [-0.2, 0) is 19.1 Å². The Balaban J connectivity index is 1.17. The molecule has 5 atom stereocenters. The fraction of sp³-hybridized carbons (Fsp3) is 0.463. The molecule has 310 valence electrons. The van der Waals surface area contributed by atoms with Gasteiger partial charge in [-0.2, -0.15) is 11.8 Å². The molecule has 4 N–H and O–H groups in total. The minimum atomic E-state index is -0.777. The Labute approximate surface area is 346 Å². The first-order valence-corrected chi connectivity index (χ1v) is 20.9. The molecule has 0 unspecified atom stereocenters. The monoisotopic (exact) mass is 836 g/mol. The van der Waals surface area contributed by atoms with E-state index in [4.69, 9.17) is 26.1 Å². The van der Waals surface area contributed by atoms with Gasteiger partial charge >= 0.3 is 12.2 Å². The highest BCUT2D eigenvalue weighted by Gasteiger charge is 2.42. The molecule has 17 heteroatoms. The van der Waals surface area contributed by atoms with Gasteiger partial charge in [0, 0.05) is 29.5 Å². The van der Waals surface area contributed by atoms with E-state index in [0.717, 1.165) is 17.7 Å². The summed E-state index contributed by atoms with van der Waals surface area (Å²) in [5.41, 5.74) is 3.47. The van der Waals surface area contributed by atoms with Crippen LogP contribution in [0.1, 0.15) is 70.7 Å². The number of aromatic amines is 2. The van der Waals surface area contributed by atoms with E-state index >= 15 is 4.39 Å². The third-order valence-corrected chi connectivity index (χ3v) is 12.1. The van der Waals surface area contributed by atoms with Crippen molar-refractivity contribution in [3.05, 3.63) is 71.3 Å². The Morgan fingerprint density at radius 3 is 2.05 bits per heavy atom. The molecule has 0 saturated carbocycles. The number of thioether (sulfide) groups is 1. The zero-order chi connectivity index (χ0) is 41.8. The Bertz CT molecular complexity index is 2130. The lowest BCUT2D eigenvalue weighted by atomic mass is 10.0. The van der Waals surface area contributed by atoms with Crippen molar-refractivity contribution in [1.82, 2.24) is 40.4 Å². The number of halogens is 2. The summed E-state index contributed by atoms with van der Waals surface area (Å²) < 4.78 is 25.3. The maximum atomic E-state index is 15.8. The van der Waals surface area contributed by atoms with Crippen LogP contribution in [0, 0.1) is 17.7 Å². The van der Waals surface area contributed by atoms with Crippen LogP contribution < -0.4 is 10.6 Å². The minimum Gasteiger partial charge on any atom is -0.453 e. The third-order valence-electron chi connectivity index (χ3n) is 10.9. The van der Waals surface area contributed by atoms with Gasteiger partial charge in [-0.1, -0.05) is 75.7 Å². The van der Waals surface area contributed by atoms with E-state index in [9.17, 15) is 19.2 Å². The summed E-state index contributed by atoms with van der Waals surface area (Å²) in [6.07, 6.45) is 4.50. The van der Waals surface area contributed by atoms with Gasteiger partial charge in [-0.05, 0) is 54.5 Å². The van der Waals surface area contributed by atoms with Crippen molar-refractivity contribution < 1.29 is 33.0 Å². The highest BCUT2D eigenvalue weighted by Crippen LogP contribution is 2.39. The number of ether oxygens (including phenoxy) is 2. The molecule has 0 bridgehead atoms. The van der Waals surface area contributed by atoms with Crippen molar-refractivity contribution in [1.29, 1.82) is 0 Å². The second-order valence-electron chi connectivity index (χ2n) is 15.2. The number of hydrogen-bond donors (Lipinski definition) is 4. The molecule has 4 amide bonds. The van der Waals surface area contributed by atoms with Crippen molar-refractivity contribution in [2.45, 2.75) is 76.4 Å². The number of nitrogens with zero attached hydrogens (tertiary/aromatic N) is 4. The van der Waals surface area contributed by atoms with Gasteiger partial charge in [0.2, 0.25) is 11.8 Å². The number of likely N-dealkylation sites (tertiary alicyclic amines) is 2. The van der Waals surface area contributed by atoms with E-state index in [2.05, 4.69) is 25.6 Å². The van der Waals surface area contributed by atoms with Gasteiger partial charge in [0.05, 0.1) is 38.2 Å². The number of amides is 4. The normalized spacial score (nSPS) is 19.1. The smallest absolute Gasteiger partial charge is 0.407 e. The predicted molar refractivity (Wildman–Crippen MR) is 220 cm³/mol. The van der Waals surface area contributed by atoms with Crippen LogP contribution in [0.15, 0.2) is 48.7 Å². The van der Waals surface area contributed by atoms with Crippen molar-refractivity contribution in [2.75, 3.05) is 33.6 Å². The fourth-order valence-electron chi connectivity index (χ4n) is 7.64. The molecular formula is C41H50ClFN8O6S. The second-order valence-corrected chi connectivity index (χ2v) is 16.8. The number of rotatable bonds is 12. The maximum absolute atomic E-state index is 15.8. The van der Waals surface area contributed by atoms with Crippen LogP contribution in [0.3, 0.4) is 0 Å². The number of imidazole rings is 2. The minimum absolute atomic E-state index is 0.155. The van der Waals surface area contributed by atoms with Gasteiger partial charge in [-0.3, -0.25) is 9.59 Å². The number of carbonyl (C=O) groups excluding carboxylic acids is 4. The molecule has 0 radical (unpaired) electrons. The zero-order valence-electron chi connectivity index (χ0n) is 33.6. The number of H-pyrrole nitrogens is 2. The van der Waals surface area contributed by atoms with Crippen LogP contribution in [-0.4, -0.2) is 105 Å². The van der Waals surface area contributed by atoms with Gasteiger partial charge in [-0.15, -0.1) is 0 Å². The summed E-state index contributed by atoms with van der Waals surface area (Å²) in [5, 5.41) is 5.76. The summed E-state index contributed by atoms with van der Waals surface area (Å²) in [4.78, 5) is 70.8. The molecule has 4 heterocycles. The molecule has 2 aliphatic rings. The molecule has 2 aromatic carbocycles. The molecule has 2 aromatic heterocycles. The van der Waals surface area contributed by atoms with E-state index in [1.165, 1.54) is 20.3 Å². The van der Waals surface area contributed by atoms with Crippen molar-refractivity contribution in [3.63, 3.8) is 0 Å². The average molecular weight is 837 g/mol. The van der Waals surface area contributed by atoms with E-state index in [0.29, 0.717) is 60.0 Å². The lowest BCUT2D eigenvalue weighted by Gasteiger charge is -2.30. The lowest BCUT2D eigenvalue weighted by Crippen LogP contribution is -2.51. The van der Waals surface area contributed by atoms with Crippen LogP contribution in [0.25, 0.3) is 33.6 Å². The number of aromatic nitrogens is 4. The van der Waals surface area contributed by atoms with E-state index in [1.807, 2.05) is 58.2 Å². The standard InChI is InChI=1S/C41H50ClFN8O6S/c1-21(2)32(47-40(54)56-5)38(52)50-16-8-9-30(50)37-46-34(35(42)49-37)25-14-15-27(28(43)17-25)23-10-12-24(13-11-23)29-19-44-36(45-29)31-18-26(58-7)20-51(31)39(53)33(22(3)4)48-41(55)57-6/h10-15,17,19,21-22,26,30-33H,8-9,16,18,20H2,1-7H3,(H,44,45)(H,46,49)(H,47,54)(H,48,55)/t26-,30-,31-,32-,33-/m0/s1. The van der Waals surface area contributed by atoms with E-state index in [1.54, 1.807) is 39.9 Å². The molecule has 2 fully saturated rings. The first kappa shape index (κ1) is 42.5. The Hall–Kier alpha value is -5.09. The topological polar surface area (TPSA) is 175 Å². The number of methoxy groups -OCH3 is 2. The van der Waals surface area contributed by atoms with Gasteiger partial charge in [-0.25, -0.2) is 23.9 Å². The molecule has 4 aromatic rings. The molecule has 58 heavy (non-hydrogen) atoms. The molecule has 0 spiro atoms.